The van der Waals surface area contributed by atoms with Crippen LogP contribution in [0, 0.1) is 0 Å². The second-order valence-electron chi connectivity index (χ2n) is 3.85. The Hall–Kier alpha value is -1.76. The minimum atomic E-state index is -3.37. The van der Waals surface area contributed by atoms with Gasteiger partial charge in [-0.2, -0.15) is 0 Å². The maximum absolute atomic E-state index is 12.0. The third kappa shape index (κ3) is 3.85. The van der Waals surface area contributed by atoms with Gasteiger partial charge < -0.3 is 10.4 Å². The van der Waals surface area contributed by atoms with Crippen molar-refractivity contribution < 1.29 is 18.3 Å². The zero-order valence-electron chi connectivity index (χ0n) is 11.0. The van der Waals surface area contributed by atoms with E-state index < -0.39 is 16.1 Å². The summed E-state index contributed by atoms with van der Waals surface area (Å²) >= 11 is 0. The van der Waals surface area contributed by atoms with Gasteiger partial charge in [-0.1, -0.05) is 18.2 Å². The van der Waals surface area contributed by atoms with Crippen molar-refractivity contribution >= 4 is 21.8 Å². The lowest BCUT2D eigenvalue weighted by Gasteiger charge is -2.24. The van der Waals surface area contributed by atoms with Crippen molar-refractivity contribution in [1.29, 1.82) is 0 Å². The summed E-state index contributed by atoms with van der Waals surface area (Å²) < 4.78 is 25.3. The van der Waals surface area contributed by atoms with E-state index in [0.29, 0.717) is 17.8 Å². The molecule has 0 atom stereocenters. The molecule has 0 aliphatic heterocycles. The Kier molecular flexibility index (Phi) is 5.17. The Bertz CT molecular complexity index is 542. The molecule has 0 aromatic heterocycles. The van der Waals surface area contributed by atoms with Crippen molar-refractivity contribution in [2.24, 2.45) is 0 Å². The van der Waals surface area contributed by atoms with Gasteiger partial charge in [-0.3, -0.25) is 4.31 Å². The van der Waals surface area contributed by atoms with E-state index >= 15 is 0 Å². The quantitative estimate of drug-likeness (QED) is 0.832. The number of rotatable bonds is 6. The smallest absolute Gasteiger partial charge is 0.404 e. The van der Waals surface area contributed by atoms with Gasteiger partial charge in [-0.15, -0.1) is 0 Å². The lowest BCUT2D eigenvalue weighted by atomic mass is 10.2. The summed E-state index contributed by atoms with van der Waals surface area (Å²) in [5.41, 5.74) is 1.14. The monoisotopic (exact) mass is 286 g/mol. The van der Waals surface area contributed by atoms with E-state index in [1.54, 1.807) is 38.1 Å². The molecular formula is C12H18N2O4S. The van der Waals surface area contributed by atoms with Gasteiger partial charge in [0.15, 0.2) is 0 Å². The van der Waals surface area contributed by atoms with Crippen molar-refractivity contribution in [3.8, 4) is 0 Å². The molecule has 0 bridgehead atoms. The van der Waals surface area contributed by atoms with Crippen molar-refractivity contribution in [2.45, 2.75) is 20.4 Å². The van der Waals surface area contributed by atoms with Crippen molar-refractivity contribution in [2.75, 3.05) is 16.6 Å². The Morgan fingerprint density at radius 1 is 1.32 bits per heavy atom. The molecule has 0 radical (unpaired) electrons. The summed E-state index contributed by atoms with van der Waals surface area (Å²) in [7, 11) is -3.37. The zero-order chi connectivity index (χ0) is 14.5. The molecule has 0 aliphatic carbocycles. The zero-order valence-corrected chi connectivity index (χ0v) is 11.8. The van der Waals surface area contributed by atoms with Gasteiger partial charge in [0.2, 0.25) is 10.0 Å². The van der Waals surface area contributed by atoms with Gasteiger partial charge in [-0.05, 0) is 25.5 Å². The highest BCUT2D eigenvalue weighted by molar-refractivity contribution is 7.92. The molecule has 0 spiro atoms. The first-order chi connectivity index (χ1) is 8.92. The Labute approximate surface area is 113 Å². The molecule has 0 unspecified atom stereocenters. The lowest BCUT2D eigenvalue weighted by Crippen LogP contribution is -2.33. The number of nitrogens with one attached hydrogen (secondary N) is 1. The van der Waals surface area contributed by atoms with Crippen LogP contribution in [0.3, 0.4) is 0 Å². The van der Waals surface area contributed by atoms with Crippen LogP contribution in [0.4, 0.5) is 10.5 Å². The number of amides is 1. The highest BCUT2D eigenvalue weighted by atomic mass is 32.2. The number of sulfonamides is 1. The van der Waals surface area contributed by atoms with Gasteiger partial charge in [0.25, 0.3) is 0 Å². The highest BCUT2D eigenvalue weighted by Gasteiger charge is 2.21. The summed E-state index contributed by atoms with van der Waals surface area (Å²) in [5, 5.41) is 10.9. The van der Waals surface area contributed by atoms with Gasteiger partial charge >= 0.3 is 6.09 Å². The predicted octanol–water partition coefficient (Wildman–Crippen LogP) is 1.63. The van der Waals surface area contributed by atoms with Crippen LogP contribution in [0.1, 0.15) is 19.4 Å². The van der Waals surface area contributed by atoms with Crippen molar-refractivity contribution in [1.82, 2.24) is 5.32 Å². The first-order valence-electron chi connectivity index (χ1n) is 5.97. The number of para-hydroxylation sites is 1. The fraction of sp³-hybridized carbons (Fsp3) is 0.417. The van der Waals surface area contributed by atoms with E-state index in [2.05, 4.69) is 5.32 Å². The average molecular weight is 286 g/mol. The summed E-state index contributed by atoms with van der Waals surface area (Å²) in [5.74, 6) is 0.00152. The number of benzene rings is 1. The Morgan fingerprint density at radius 2 is 1.95 bits per heavy atom. The van der Waals surface area contributed by atoms with Crippen LogP contribution in [-0.4, -0.2) is 31.9 Å². The van der Waals surface area contributed by atoms with E-state index in [1.165, 1.54) is 4.31 Å². The molecular weight excluding hydrogens is 268 g/mol. The van der Waals surface area contributed by atoms with Crippen molar-refractivity contribution in [3.63, 3.8) is 0 Å². The second kappa shape index (κ2) is 6.42. The first-order valence-corrected chi connectivity index (χ1v) is 7.58. The molecule has 1 amide bonds. The number of hydrogen-bond acceptors (Lipinski definition) is 3. The Morgan fingerprint density at radius 3 is 2.47 bits per heavy atom. The molecule has 7 heteroatoms. The van der Waals surface area contributed by atoms with Gasteiger partial charge in [-0.25, -0.2) is 13.2 Å². The lowest BCUT2D eigenvalue weighted by molar-refractivity contribution is 0.194. The topological polar surface area (TPSA) is 86.7 Å². The van der Waals surface area contributed by atoms with Crippen LogP contribution >= 0.6 is 0 Å². The molecule has 0 saturated carbocycles. The van der Waals surface area contributed by atoms with E-state index in [-0.39, 0.29) is 12.3 Å². The molecule has 0 heterocycles. The van der Waals surface area contributed by atoms with Crippen molar-refractivity contribution in [3.05, 3.63) is 29.8 Å². The van der Waals surface area contributed by atoms with Crippen LogP contribution in [0.15, 0.2) is 24.3 Å². The number of carbonyl (C=O) groups is 1. The number of hydrogen-bond donors (Lipinski definition) is 2. The molecule has 1 rings (SSSR count). The summed E-state index contributed by atoms with van der Waals surface area (Å²) in [6, 6.07) is 6.86. The standard InChI is InChI=1S/C12H18N2O4S/c1-3-14(19(17,18)4-2)11-8-6-5-7-10(11)9-13-12(15)16/h5-8,13H,3-4,9H2,1-2H3,(H,15,16). The molecule has 106 valence electrons. The predicted molar refractivity (Wildman–Crippen MR) is 73.8 cm³/mol. The van der Waals surface area contributed by atoms with E-state index in [9.17, 15) is 13.2 Å². The molecule has 0 aliphatic rings. The molecule has 19 heavy (non-hydrogen) atoms. The van der Waals surface area contributed by atoms with Gasteiger partial charge in [0, 0.05) is 13.1 Å². The van der Waals surface area contributed by atoms with E-state index in [1.807, 2.05) is 0 Å². The van der Waals surface area contributed by atoms with E-state index in [0.717, 1.165) is 0 Å². The fourth-order valence-corrected chi connectivity index (χ4v) is 2.93. The summed E-state index contributed by atoms with van der Waals surface area (Å²) in [6.45, 7) is 3.70. The first kappa shape index (κ1) is 15.3. The fourth-order valence-electron chi connectivity index (χ4n) is 1.75. The average Bonchev–Trinajstić information content (AvgIpc) is 2.38. The number of nitrogens with zero attached hydrogens (tertiary/aromatic N) is 1. The van der Waals surface area contributed by atoms with Crippen LogP contribution in [0.2, 0.25) is 0 Å². The number of carboxylic acid groups (broad SMARTS) is 1. The SMILES string of the molecule is CCN(c1ccccc1CNC(=O)O)S(=O)(=O)CC. The minimum Gasteiger partial charge on any atom is -0.465 e. The van der Waals surface area contributed by atoms with Crippen LogP contribution in [-0.2, 0) is 16.6 Å². The van der Waals surface area contributed by atoms with Gasteiger partial charge in [0.1, 0.15) is 0 Å². The molecule has 2 N–H and O–H groups in total. The van der Waals surface area contributed by atoms with E-state index in [4.69, 9.17) is 5.11 Å². The minimum absolute atomic E-state index is 0.00152. The number of anilines is 1. The molecule has 6 nitrogen and oxygen atoms in total. The third-order valence-corrected chi connectivity index (χ3v) is 4.53. The normalized spacial score (nSPS) is 11.1. The highest BCUT2D eigenvalue weighted by Crippen LogP contribution is 2.23. The largest absolute Gasteiger partial charge is 0.465 e. The molecule has 0 fully saturated rings. The molecule has 1 aromatic carbocycles. The summed E-state index contributed by atoms with van der Waals surface area (Å²) in [4.78, 5) is 10.5. The third-order valence-electron chi connectivity index (χ3n) is 2.68. The maximum Gasteiger partial charge on any atom is 0.404 e. The van der Waals surface area contributed by atoms with Crippen LogP contribution < -0.4 is 9.62 Å². The summed E-state index contributed by atoms with van der Waals surface area (Å²) in [6.07, 6.45) is -1.14. The van der Waals surface area contributed by atoms with Crippen LogP contribution in [0.5, 0.6) is 0 Å². The van der Waals surface area contributed by atoms with Crippen LogP contribution in [0.25, 0.3) is 0 Å². The molecule has 1 aromatic rings. The Balaban J connectivity index is 3.14. The second-order valence-corrected chi connectivity index (χ2v) is 6.03. The van der Waals surface area contributed by atoms with Gasteiger partial charge in [0.05, 0.1) is 11.4 Å². The maximum atomic E-state index is 12.0. The molecule has 0 saturated heterocycles.